The number of amides is 1. The molecule has 0 bridgehead atoms. The molecule has 2 N–H and O–H groups in total. The lowest BCUT2D eigenvalue weighted by Crippen LogP contribution is -2.55. The van der Waals surface area contributed by atoms with Crippen molar-refractivity contribution in [3.8, 4) is 0 Å². The van der Waals surface area contributed by atoms with Gasteiger partial charge in [0.05, 0.1) is 0 Å². The lowest BCUT2D eigenvalue weighted by molar-refractivity contribution is -0.149. The van der Waals surface area contributed by atoms with Gasteiger partial charge in [-0.05, 0) is 25.7 Å². The maximum atomic E-state index is 12.5. The first-order valence-corrected chi connectivity index (χ1v) is 8.19. The fourth-order valence-electron chi connectivity index (χ4n) is 3.60. The number of carboxylic acids is 1. The summed E-state index contributed by atoms with van der Waals surface area (Å²) >= 11 is 0. The lowest BCUT2D eigenvalue weighted by atomic mass is 9.88. The minimum absolute atomic E-state index is 0.0174. The fourth-order valence-corrected chi connectivity index (χ4v) is 3.60. The Hall–Kier alpha value is -1.06. The SMILES string of the molecule is O=C(NC1(C(=O)O)CCCCCC1)C1CCCCCC1. The third-order valence-electron chi connectivity index (χ3n) is 4.95. The van der Waals surface area contributed by atoms with Crippen molar-refractivity contribution in [2.24, 2.45) is 5.92 Å². The first-order chi connectivity index (χ1) is 9.64. The molecule has 2 aliphatic rings. The van der Waals surface area contributed by atoms with Crippen LogP contribution in [0.4, 0.5) is 0 Å². The zero-order valence-corrected chi connectivity index (χ0v) is 12.3. The van der Waals surface area contributed by atoms with E-state index in [0.29, 0.717) is 12.8 Å². The van der Waals surface area contributed by atoms with E-state index in [-0.39, 0.29) is 11.8 Å². The number of hydrogen-bond donors (Lipinski definition) is 2. The molecule has 0 heterocycles. The molecule has 0 aromatic carbocycles. The molecule has 20 heavy (non-hydrogen) atoms. The number of nitrogens with one attached hydrogen (secondary N) is 1. The van der Waals surface area contributed by atoms with E-state index in [1.165, 1.54) is 12.8 Å². The van der Waals surface area contributed by atoms with Crippen LogP contribution in [0.15, 0.2) is 0 Å². The Labute approximate surface area is 121 Å². The number of hydrogen-bond acceptors (Lipinski definition) is 2. The minimum atomic E-state index is -1.00. The average molecular weight is 281 g/mol. The summed E-state index contributed by atoms with van der Waals surface area (Å²) in [5.41, 5.74) is -1.00. The summed E-state index contributed by atoms with van der Waals surface area (Å²) in [6.45, 7) is 0. The molecular weight excluding hydrogens is 254 g/mol. The molecule has 4 nitrogen and oxygen atoms in total. The molecule has 1 amide bonds. The van der Waals surface area contributed by atoms with E-state index in [1.54, 1.807) is 0 Å². The van der Waals surface area contributed by atoms with Gasteiger partial charge in [0, 0.05) is 5.92 Å². The Balaban J connectivity index is 2.02. The lowest BCUT2D eigenvalue weighted by Gasteiger charge is -2.31. The van der Waals surface area contributed by atoms with Crippen molar-refractivity contribution in [3.05, 3.63) is 0 Å². The molecule has 114 valence electrons. The second kappa shape index (κ2) is 7.09. The molecule has 0 spiro atoms. The van der Waals surface area contributed by atoms with Crippen LogP contribution in [0.25, 0.3) is 0 Å². The van der Waals surface area contributed by atoms with Crippen LogP contribution in [-0.2, 0) is 9.59 Å². The molecule has 0 aliphatic heterocycles. The maximum absolute atomic E-state index is 12.5. The summed E-state index contributed by atoms with van der Waals surface area (Å²) in [6.07, 6.45) is 11.6. The summed E-state index contributed by atoms with van der Waals surface area (Å²) in [6, 6.07) is 0. The third-order valence-corrected chi connectivity index (χ3v) is 4.95. The summed E-state index contributed by atoms with van der Waals surface area (Å²) in [4.78, 5) is 24.2. The Morgan fingerprint density at radius 2 is 1.35 bits per heavy atom. The van der Waals surface area contributed by atoms with E-state index in [4.69, 9.17) is 0 Å². The summed E-state index contributed by atoms with van der Waals surface area (Å²) in [5.74, 6) is -0.838. The number of carbonyl (C=O) groups is 2. The number of aliphatic carboxylic acids is 1. The Morgan fingerprint density at radius 3 is 1.85 bits per heavy atom. The predicted octanol–water partition coefficient (Wildman–Crippen LogP) is 3.25. The number of carboxylic acid groups (broad SMARTS) is 1. The van der Waals surface area contributed by atoms with E-state index in [9.17, 15) is 14.7 Å². The largest absolute Gasteiger partial charge is 0.480 e. The molecule has 2 fully saturated rings. The highest BCUT2D eigenvalue weighted by molar-refractivity contribution is 5.88. The van der Waals surface area contributed by atoms with Gasteiger partial charge in [-0.15, -0.1) is 0 Å². The van der Waals surface area contributed by atoms with Crippen molar-refractivity contribution in [3.63, 3.8) is 0 Å². The second-order valence-electron chi connectivity index (χ2n) is 6.48. The van der Waals surface area contributed by atoms with E-state index >= 15 is 0 Å². The maximum Gasteiger partial charge on any atom is 0.329 e. The van der Waals surface area contributed by atoms with Crippen molar-refractivity contribution in [1.29, 1.82) is 0 Å². The summed E-state index contributed by atoms with van der Waals surface area (Å²) in [7, 11) is 0. The van der Waals surface area contributed by atoms with Crippen LogP contribution in [0.1, 0.15) is 77.0 Å². The highest BCUT2D eigenvalue weighted by atomic mass is 16.4. The Bertz CT molecular complexity index is 338. The minimum Gasteiger partial charge on any atom is -0.480 e. The van der Waals surface area contributed by atoms with Crippen LogP contribution in [0, 0.1) is 5.92 Å². The average Bonchev–Trinajstić information content (AvgIpc) is 2.81. The molecule has 2 rings (SSSR count). The number of carbonyl (C=O) groups excluding carboxylic acids is 1. The Kier molecular flexibility index (Phi) is 5.44. The van der Waals surface area contributed by atoms with Crippen molar-refractivity contribution in [2.45, 2.75) is 82.6 Å². The molecule has 0 radical (unpaired) electrons. The van der Waals surface area contributed by atoms with Gasteiger partial charge in [-0.2, -0.15) is 0 Å². The van der Waals surface area contributed by atoms with Crippen molar-refractivity contribution < 1.29 is 14.7 Å². The zero-order chi connectivity index (χ0) is 14.4. The molecule has 2 saturated carbocycles. The first kappa shape index (κ1) is 15.3. The fraction of sp³-hybridized carbons (Fsp3) is 0.875. The van der Waals surface area contributed by atoms with Crippen LogP contribution in [-0.4, -0.2) is 22.5 Å². The molecule has 4 heteroatoms. The van der Waals surface area contributed by atoms with Gasteiger partial charge < -0.3 is 10.4 Å². The van der Waals surface area contributed by atoms with Crippen LogP contribution < -0.4 is 5.32 Å². The van der Waals surface area contributed by atoms with E-state index in [2.05, 4.69) is 5.32 Å². The van der Waals surface area contributed by atoms with Crippen molar-refractivity contribution in [1.82, 2.24) is 5.32 Å². The normalized spacial score (nSPS) is 24.4. The van der Waals surface area contributed by atoms with Gasteiger partial charge in [0.2, 0.25) is 5.91 Å². The zero-order valence-electron chi connectivity index (χ0n) is 12.3. The highest BCUT2D eigenvalue weighted by Gasteiger charge is 2.41. The van der Waals surface area contributed by atoms with Crippen LogP contribution in [0.5, 0.6) is 0 Å². The molecule has 0 atom stereocenters. The van der Waals surface area contributed by atoms with E-state index in [0.717, 1.165) is 51.4 Å². The summed E-state index contributed by atoms with van der Waals surface area (Å²) in [5, 5.41) is 12.5. The highest BCUT2D eigenvalue weighted by Crippen LogP contribution is 2.29. The van der Waals surface area contributed by atoms with Gasteiger partial charge in [-0.25, -0.2) is 4.79 Å². The van der Waals surface area contributed by atoms with Crippen LogP contribution in [0.3, 0.4) is 0 Å². The van der Waals surface area contributed by atoms with Gasteiger partial charge >= 0.3 is 5.97 Å². The van der Waals surface area contributed by atoms with E-state index in [1.807, 2.05) is 0 Å². The summed E-state index contributed by atoms with van der Waals surface area (Å²) < 4.78 is 0. The molecule has 0 unspecified atom stereocenters. The van der Waals surface area contributed by atoms with Gasteiger partial charge in [0.25, 0.3) is 0 Å². The molecule has 0 aromatic rings. The van der Waals surface area contributed by atoms with Gasteiger partial charge in [0.15, 0.2) is 0 Å². The predicted molar refractivity (Wildman–Crippen MR) is 77.4 cm³/mol. The molecule has 0 aromatic heterocycles. The number of rotatable bonds is 3. The van der Waals surface area contributed by atoms with Gasteiger partial charge in [-0.1, -0.05) is 51.4 Å². The van der Waals surface area contributed by atoms with Crippen LogP contribution in [0.2, 0.25) is 0 Å². The van der Waals surface area contributed by atoms with Crippen LogP contribution >= 0.6 is 0 Å². The smallest absolute Gasteiger partial charge is 0.329 e. The first-order valence-electron chi connectivity index (χ1n) is 8.19. The van der Waals surface area contributed by atoms with Gasteiger partial charge in [0.1, 0.15) is 5.54 Å². The molecule has 0 saturated heterocycles. The topological polar surface area (TPSA) is 66.4 Å². The molecule has 2 aliphatic carbocycles. The van der Waals surface area contributed by atoms with Gasteiger partial charge in [-0.3, -0.25) is 4.79 Å². The standard InChI is InChI=1S/C16H27NO3/c18-14(13-9-5-1-2-6-10-13)17-16(15(19)20)11-7-3-4-8-12-16/h13H,1-12H2,(H,17,18)(H,19,20). The second-order valence-corrected chi connectivity index (χ2v) is 6.48. The monoisotopic (exact) mass is 281 g/mol. The Morgan fingerprint density at radius 1 is 0.850 bits per heavy atom. The van der Waals surface area contributed by atoms with Crippen molar-refractivity contribution >= 4 is 11.9 Å². The van der Waals surface area contributed by atoms with E-state index < -0.39 is 11.5 Å². The van der Waals surface area contributed by atoms with Crippen molar-refractivity contribution in [2.75, 3.05) is 0 Å². The third kappa shape index (κ3) is 3.74. The molecular formula is C16H27NO3. The quantitative estimate of drug-likeness (QED) is 0.780.